The van der Waals surface area contributed by atoms with E-state index in [-0.39, 0.29) is 11.6 Å². The second kappa shape index (κ2) is 9.77. The van der Waals surface area contributed by atoms with Crippen LogP contribution in [0.5, 0.6) is 0 Å². The Kier molecular flexibility index (Phi) is 6.55. The average Bonchev–Trinajstić information content (AvgIpc) is 3.27. The Morgan fingerprint density at radius 2 is 1.83 bits per heavy atom. The second-order valence-corrected chi connectivity index (χ2v) is 10.0. The minimum absolute atomic E-state index is 0.0949. The Balaban J connectivity index is 1.23. The third kappa shape index (κ3) is 5.07. The summed E-state index contributed by atoms with van der Waals surface area (Å²) in [6.45, 7) is 7.24. The van der Waals surface area contributed by atoms with Crippen molar-refractivity contribution in [1.82, 2.24) is 24.4 Å². The van der Waals surface area contributed by atoms with Crippen LogP contribution in [-0.4, -0.2) is 56.6 Å². The lowest BCUT2D eigenvalue weighted by Gasteiger charge is -2.34. The van der Waals surface area contributed by atoms with E-state index >= 15 is 0 Å². The molecule has 4 aromatic rings. The molecule has 3 heterocycles. The zero-order valence-electron chi connectivity index (χ0n) is 19.5. The minimum atomic E-state index is -0.217. The number of urea groups is 1. The van der Waals surface area contributed by atoms with Gasteiger partial charge >= 0.3 is 6.03 Å². The van der Waals surface area contributed by atoms with Crippen molar-refractivity contribution in [3.05, 3.63) is 80.7 Å². The van der Waals surface area contributed by atoms with Crippen molar-refractivity contribution in [3.63, 3.8) is 0 Å². The summed E-state index contributed by atoms with van der Waals surface area (Å²) in [6, 6.07) is 14.8. The normalized spacial score (nSPS) is 14.4. The Morgan fingerprint density at radius 1 is 1.06 bits per heavy atom. The lowest BCUT2D eigenvalue weighted by Crippen LogP contribution is -2.49. The third-order valence-electron chi connectivity index (χ3n) is 6.21. The first-order valence-corrected chi connectivity index (χ1v) is 12.6. The number of nitrogens with zero attached hydrogens (tertiary/aromatic N) is 5. The van der Waals surface area contributed by atoms with Crippen LogP contribution in [0.2, 0.25) is 5.02 Å². The maximum Gasteiger partial charge on any atom is 0.321 e. The number of hydrogen-bond donors (Lipinski definition) is 1. The Hall–Kier alpha value is -3.27. The predicted octanol–water partition coefficient (Wildman–Crippen LogP) is 4.44. The molecule has 1 aliphatic rings. The van der Waals surface area contributed by atoms with Gasteiger partial charge in [0.05, 0.1) is 10.7 Å². The fourth-order valence-corrected chi connectivity index (χ4v) is 5.29. The Labute approximate surface area is 211 Å². The van der Waals surface area contributed by atoms with Crippen molar-refractivity contribution in [2.24, 2.45) is 0 Å². The van der Waals surface area contributed by atoms with E-state index in [1.54, 1.807) is 6.07 Å². The number of hydrogen-bond acceptors (Lipinski definition) is 6. The number of anilines is 1. The number of carbonyl (C=O) groups is 1. The summed E-state index contributed by atoms with van der Waals surface area (Å²) >= 11 is 7.64. The summed E-state index contributed by atoms with van der Waals surface area (Å²) in [5.41, 5.74) is 4.40. The minimum Gasteiger partial charge on any atom is -0.322 e. The molecule has 35 heavy (non-hydrogen) atoms. The lowest BCUT2D eigenvalue weighted by atomic mass is 10.1. The molecule has 8 nitrogen and oxygen atoms in total. The number of rotatable bonds is 4. The molecule has 0 aliphatic carbocycles. The van der Waals surface area contributed by atoms with E-state index in [4.69, 9.17) is 11.6 Å². The second-order valence-electron chi connectivity index (χ2n) is 8.66. The van der Waals surface area contributed by atoms with Gasteiger partial charge in [0.1, 0.15) is 5.01 Å². The standard InChI is InChI=1S/C25H25ClN6O2S/c1-16-7-8-18(13-17(16)2)27-24(34)31-11-9-30(10-12-31)15-19-14-22(33)32-25(28-19)35-23(29-32)20-5-3-4-6-21(20)26/h3-8,13-14H,9-12,15H2,1-2H3,(H,27,34). The van der Waals surface area contributed by atoms with Gasteiger partial charge in [-0.15, -0.1) is 0 Å². The highest BCUT2D eigenvalue weighted by Crippen LogP contribution is 2.30. The number of benzene rings is 2. The average molecular weight is 509 g/mol. The number of aryl methyl sites for hydroxylation is 2. The van der Waals surface area contributed by atoms with Gasteiger partial charge in [-0.1, -0.05) is 47.2 Å². The first-order chi connectivity index (χ1) is 16.9. The van der Waals surface area contributed by atoms with Crippen molar-refractivity contribution in [3.8, 4) is 10.6 Å². The third-order valence-corrected chi connectivity index (χ3v) is 7.48. The molecule has 0 atom stereocenters. The largest absolute Gasteiger partial charge is 0.322 e. The molecule has 2 aromatic heterocycles. The monoisotopic (exact) mass is 508 g/mol. The number of amides is 2. The summed E-state index contributed by atoms with van der Waals surface area (Å²) in [5.74, 6) is 0. The molecule has 1 saturated heterocycles. The number of fused-ring (bicyclic) bond motifs is 1. The number of nitrogens with one attached hydrogen (secondary N) is 1. The fourth-order valence-electron chi connectivity index (χ4n) is 4.04. The number of halogens is 1. The molecule has 0 bridgehead atoms. The van der Waals surface area contributed by atoms with Crippen molar-refractivity contribution < 1.29 is 4.79 Å². The molecule has 2 amide bonds. The van der Waals surface area contributed by atoms with E-state index in [2.05, 4.69) is 20.3 Å². The zero-order valence-corrected chi connectivity index (χ0v) is 21.1. The number of carbonyl (C=O) groups excluding carboxylic acids is 1. The molecular formula is C25H25ClN6O2S. The van der Waals surface area contributed by atoms with E-state index in [0.717, 1.165) is 16.8 Å². The van der Waals surface area contributed by atoms with Crippen molar-refractivity contribution in [1.29, 1.82) is 0 Å². The highest BCUT2D eigenvalue weighted by atomic mass is 35.5. The predicted molar refractivity (Wildman–Crippen MR) is 139 cm³/mol. The van der Waals surface area contributed by atoms with Crippen LogP contribution in [0.1, 0.15) is 16.8 Å². The summed E-state index contributed by atoms with van der Waals surface area (Å²) < 4.78 is 1.32. The Bertz CT molecular complexity index is 1460. The molecule has 1 fully saturated rings. The van der Waals surface area contributed by atoms with Crippen LogP contribution in [0.25, 0.3) is 15.5 Å². The molecule has 10 heteroatoms. The number of aromatic nitrogens is 3. The molecule has 2 aromatic carbocycles. The molecule has 0 unspecified atom stereocenters. The van der Waals surface area contributed by atoms with E-state index in [1.807, 2.05) is 55.1 Å². The summed E-state index contributed by atoms with van der Waals surface area (Å²) in [5, 5.41) is 8.64. The van der Waals surface area contributed by atoms with Gasteiger partial charge in [0.25, 0.3) is 5.56 Å². The summed E-state index contributed by atoms with van der Waals surface area (Å²) in [6.07, 6.45) is 0. The molecule has 0 radical (unpaired) electrons. The molecular weight excluding hydrogens is 484 g/mol. The van der Waals surface area contributed by atoms with Gasteiger partial charge in [-0.3, -0.25) is 9.69 Å². The van der Waals surface area contributed by atoms with Crippen molar-refractivity contribution in [2.45, 2.75) is 20.4 Å². The van der Waals surface area contributed by atoms with E-state index in [1.165, 1.54) is 27.5 Å². The van der Waals surface area contributed by atoms with Gasteiger partial charge in [0.2, 0.25) is 4.96 Å². The topological polar surface area (TPSA) is 82.8 Å². The molecule has 0 saturated carbocycles. The van der Waals surface area contributed by atoms with Gasteiger partial charge in [-0.05, 0) is 43.2 Å². The van der Waals surface area contributed by atoms with E-state index in [0.29, 0.717) is 53.4 Å². The summed E-state index contributed by atoms with van der Waals surface area (Å²) in [4.78, 5) is 34.6. The van der Waals surface area contributed by atoms with Crippen LogP contribution in [0.15, 0.2) is 53.3 Å². The van der Waals surface area contributed by atoms with Gasteiger partial charge in [0.15, 0.2) is 0 Å². The maximum absolute atomic E-state index is 12.7. The van der Waals surface area contributed by atoms with Crippen LogP contribution >= 0.6 is 22.9 Å². The molecule has 1 aliphatic heterocycles. The molecule has 5 rings (SSSR count). The van der Waals surface area contributed by atoms with E-state index in [9.17, 15) is 9.59 Å². The van der Waals surface area contributed by atoms with Crippen LogP contribution < -0.4 is 10.9 Å². The number of piperazine rings is 1. The van der Waals surface area contributed by atoms with E-state index < -0.39 is 0 Å². The van der Waals surface area contributed by atoms with Crippen LogP contribution in [0.3, 0.4) is 0 Å². The van der Waals surface area contributed by atoms with Gasteiger partial charge in [0, 0.05) is 50.0 Å². The van der Waals surface area contributed by atoms with Crippen LogP contribution in [-0.2, 0) is 6.54 Å². The lowest BCUT2D eigenvalue weighted by molar-refractivity contribution is 0.142. The summed E-state index contributed by atoms with van der Waals surface area (Å²) in [7, 11) is 0. The quantitative estimate of drug-likeness (QED) is 0.440. The first-order valence-electron chi connectivity index (χ1n) is 11.4. The fraction of sp³-hybridized carbons (Fsp3) is 0.280. The molecule has 1 N–H and O–H groups in total. The van der Waals surface area contributed by atoms with Crippen molar-refractivity contribution in [2.75, 3.05) is 31.5 Å². The SMILES string of the molecule is Cc1ccc(NC(=O)N2CCN(Cc3cc(=O)n4nc(-c5ccccc5Cl)sc4n3)CC2)cc1C. The maximum atomic E-state index is 12.7. The van der Waals surface area contributed by atoms with Gasteiger partial charge in [-0.2, -0.15) is 9.61 Å². The van der Waals surface area contributed by atoms with Gasteiger partial charge in [-0.25, -0.2) is 9.78 Å². The molecule has 0 spiro atoms. The highest BCUT2D eigenvalue weighted by Gasteiger charge is 2.22. The van der Waals surface area contributed by atoms with Crippen LogP contribution in [0.4, 0.5) is 10.5 Å². The first kappa shape index (κ1) is 23.5. The van der Waals surface area contributed by atoms with Crippen molar-refractivity contribution >= 4 is 39.6 Å². The highest BCUT2D eigenvalue weighted by molar-refractivity contribution is 7.19. The van der Waals surface area contributed by atoms with Gasteiger partial charge < -0.3 is 10.2 Å². The Morgan fingerprint density at radius 3 is 2.57 bits per heavy atom. The molecule has 180 valence electrons. The smallest absolute Gasteiger partial charge is 0.321 e. The van der Waals surface area contributed by atoms with Crippen LogP contribution in [0, 0.1) is 13.8 Å². The zero-order chi connectivity index (χ0) is 24.5.